The second kappa shape index (κ2) is 7.46. The van der Waals surface area contributed by atoms with Crippen LogP contribution in [0, 0.1) is 29.1 Å². The number of ether oxygens (including phenoxy) is 2. The highest BCUT2D eigenvalue weighted by Gasteiger charge is 2.57. The van der Waals surface area contributed by atoms with E-state index in [1.165, 1.54) is 25.0 Å². The Kier molecular flexibility index (Phi) is 5.30. The average molecular weight is 393 g/mol. The molecule has 4 rings (SSSR count). The Morgan fingerprint density at radius 3 is 2.61 bits per heavy atom. The third-order valence-corrected chi connectivity index (χ3v) is 8.22. The summed E-state index contributed by atoms with van der Waals surface area (Å²) < 4.78 is 25.3. The fraction of sp³-hybridized carbons (Fsp3) is 0.826. The van der Waals surface area contributed by atoms with Gasteiger partial charge in [0.1, 0.15) is 12.3 Å². The quantitative estimate of drug-likeness (QED) is 0.513. The first-order valence-electron chi connectivity index (χ1n) is 11.0. The van der Waals surface area contributed by atoms with Gasteiger partial charge in [-0.15, -0.1) is 0 Å². The standard InChI is InChI=1S/C23H33FO4/c1-13(25)27-12-15-10-20-18(17-5-4-16(24)11-19(15)17)8-9-23(3)21(20)6-7-22(23)28-14(2)26/h15-16,18,20-22H,4-12H2,1-3H3/t15-,16+,18+,20+,21-,22-,23-/m0/s1. The second-order valence-corrected chi connectivity index (χ2v) is 9.72. The Bertz CT molecular complexity index is 686. The molecule has 156 valence electrons. The predicted molar refractivity (Wildman–Crippen MR) is 103 cm³/mol. The van der Waals surface area contributed by atoms with Crippen molar-refractivity contribution < 1.29 is 23.5 Å². The molecule has 4 nitrogen and oxygen atoms in total. The Morgan fingerprint density at radius 2 is 1.89 bits per heavy atom. The summed E-state index contributed by atoms with van der Waals surface area (Å²) >= 11 is 0. The Morgan fingerprint density at radius 1 is 1.11 bits per heavy atom. The maximum Gasteiger partial charge on any atom is 0.302 e. The number of carbonyl (C=O) groups excluding carboxylic acids is 2. The van der Waals surface area contributed by atoms with Gasteiger partial charge in [-0.3, -0.25) is 9.59 Å². The molecule has 0 unspecified atom stereocenters. The molecule has 2 fully saturated rings. The van der Waals surface area contributed by atoms with Crippen LogP contribution in [0.5, 0.6) is 0 Å². The molecule has 0 N–H and O–H groups in total. The third kappa shape index (κ3) is 3.39. The molecule has 0 spiro atoms. The van der Waals surface area contributed by atoms with E-state index >= 15 is 0 Å². The number of esters is 2. The number of halogens is 1. The zero-order chi connectivity index (χ0) is 20.1. The summed E-state index contributed by atoms with van der Waals surface area (Å²) in [5.41, 5.74) is 2.76. The van der Waals surface area contributed by atoms with Crippen LogP contribution in [0.25, 0.3) is 0 Å². The molecule has 0 amide bonds. The van der Waals surface area contributed by atoms with Gasteiger partial charge < -0.3 is 9.47 Å². The maximum absolute atomic E-state index is 14.2. The van der Waals surface area contributed by atoms with Crippen LogP contribution in [0.1, 0.15) is 72.1 Å². The van der Waals surface area contributed by atoms with Crippen molar-refractivity contribution in [2.75, 3.05) is 6.61 Å². The van der Waals surface area contributed by atoms with Gasteiger partial charge in [-0.05, 0) is 62.7 Å². The molecule has 0 aromatic heterocycles. The Balaban J connectivity index is 1.62. The molecular weight excluding hydrogens is 359 g/mol. The van der Waals surface area contributed by atoms with Crippen LogP contribution < -0.4 is 0 Å². The molecule has 0 heterocycles. The summed E-state index contributed by atoms with van der Waals surface area (Å²) in [6.45, 7) is 5.63. The molecule has 0 bridgehead atoms. The summed E-state index contributed by atoms with van der Waals surface area (Å²) in [5, 5.41) is 0. The van der Waals surface area contributed by atoms with E-state index in [1.54, 1.807) is 0 Å². The number of fused-ring (bicyclic) bond motifs is 4. The lowest BCUT2D eigenvalue weighted by Gasteiger charge is -2.53. The van der Waals surface area contributed by atoms with E-state index in [-0.39, 0.29) is 29.4 Å². The van der Waals surface area contributed by atoms with Gasteiger partial charge >= 0.3 is 11.9 Å². The SMILES string of the molecule is CC(=O)OC[C@@H]1C[C@@H]2[C@H](CC[C@]3(C)[C@@H](OC(C)=O)CC[C@@H]23)C2=C1C[C@H](F)CC2. The van der Waals surface area contributed by atoms with Crippen molar-refractivity contribution in [3.8, 4) is 0 Å². The third-order valence-electron chi connectivity index (χ3n) is 8.22. The summed E-state index contributed by atoms with van der Waals surface area (Å²) in [7, 11) is 0. The van der Waals surface area contributed by atoms with Crippen LogP contribution in [0.3, 0.4) is 0 Å². The minimum absolute atomic E-state index is 0.0137. The van der Waals surface area contributed by atoms with Crippen LogP contribution in [-0.4, -0.2) is 30.8 Å². The first-order valence-corrected chi connectivity index (χ1v) is 11.0. The van der Waals surface area contributed by atoms with Gasteiger partial charge in [0.15, 0.2) is 0 Å². The van der Waals surface area contributed by atoms with E-state index in [0.717, 1.165) is 38.5 Å². The van der Waals surface area contributed by atoms with Crippen LogP contribution >= 0.6 is 0 Å². The molecule has 7 atom stereocenters. The molecule has 28 heavy (non-hydrogen) atoms. The molecule has 0 aromatic carbocycles. The fourth-order valence-electron chi connectivity index (χ4n) is 7.05. The van der Waals surface area contributed by atoms with E-state index in [0.29, 0.717) is 37.2 Å². The van der Waals surface area contributed by atoms with Crippen LogP contribution in [0.4, 0.5) is 4.39 Å². The predicted octanol–water partition coefficient (Wildman–Crippen LogP) is 4.76. The minimum Gasteiger partial charge on any atom is -0.465 e. The van der Waals surface area contributed by atoms with Crippen molar-refractivity contribution in [2.24, 2.45) is 29.1 Å². The molecule has 4 aliphatic carbocycles. The number of allylic oxidation sites excluding steroid dienone is 1. The van der Waals surface area contributed by atoms with Crippen LogP contribution in [-0.2, 0) is 19.1 Å². The molecule has 0 aromatic rings. The molecule has 2 saturated carbocycles. The first kappa shape index (κ1) is 19.9. The lowest BCUT2D eigenvalue weighted by Crippen LogP contribution is -2.48. The monoisotopic (exact) mass is 392 g/mol. The number of carbonyl (C=O) groups is 2. The number of rotatable bonds is 3. The van der Waals surface area contributed by atoms with Crippen molar-refractivity contribution >= 4 is 11.9 Å². The van der Waals surface area contributed by atoms with Crippen molar-refractivity contribution in [3.05, 3.63) is 11.1 Å². The minimum atomic E-state index is -0.760. The number of hydrogen-bond donors (Lipinski definition) is 0. The van der Waals surface area contributed by atoms with Gasteiger partial charge in [-0.1, -0.05) is 18.1 Å². The molecule has 0 aliphatic heterocycles. The van der Waals surface area contributed by atoms with Gasteiger partial charge in [0.05, 0.1) is 6.61 Å². The Labute approximate surface area is 167 Å². The van der Waals surface area contributed by atoms with E-state index < -0.39 is 6.17 Å². The fourth-order valence-corrected chi connectivity index (χ4v) is 7.05. The lowest BCUT2D eigenvalue weighted by molar-refractivity contribution is -0.155. The van der Waals surface area contributed by atoms with Crippen molar-refractivity contribution in [1.29, 1.82) is 0 Å². The maximum atomic E-state index is 14.2. The normalized spacial score (nSPS) is 42.3. The molecular formula is C23H33FO4. The average Bonchev–Trinajstić information content (AvgIpc) is 2.95. The zero-order valence-corrected chi connectivity index (χ0v) is 17.3. The van der Waals surface area contributed by atoms with Gasteiger partial charge in [0.25, 0.3) is 0 Å². The summed E-state index contributed by atoms with van der Waals surface area (Å²) in [6, 6.07) is 0. The van der Waals surface area contributed by atoms with Crippen molar-refractivity contribution in [2.45, 2.75) is 84.4 Å². The molecule has 0 radical (unpaired) electrons. The first-order chi connectivity index (χ1) is 13.3. The molecule has 4 aliphatic rings. The van der Waals surface area contributed by atoms with E-state index in [4.69, 9.17) is 9.47 Å². The summed E-state index contributed by atoms with van der Waals surface area (Å²) in [6.07, 6.45) is 6.42. The van der Waals surface area contributed by atoms with Gasteiger partial charge in [-0.2, -0.15) is 0 Å². The highest BCUT2D eigenvalue weighted by atomic mass is 19.1. The lowest BCUT2D eigenvalue weighted by atomic mass is 9.52. The number of hydrogen-bond acceptors (Lipinski definition) is 4. The Hall–Kier alpha value is -1.39. The van der Waals surface area contributed by atoms with Crippen molar-refractivity contribution in [1.82, 2.24) is 0 Å². The highest BCUT2D eigenvalue weighted by molar-refractivity contribution is 5.66. The van der Waals surface area contributed by atoms with Crippen LogP contribution in [0.15, 0.2) is 11.1 Å². The van der Waals surface area contributed by atoms with Gasteiger partial charge in [0.2, 0.25) is 0 Å². The highest BCUT2D eigenvalue weighted by Crippen LogP contribution is 2.62. The largest absolute Gasteiger partial charge is 0.465 e. The van der Waals surface area contributed by atoms with E-state index in [1.807, 2.05) is 0 Å². The van der Waals surface area contributed by atoms with E-state index in [9.17, 15) is 14.0 Å². The van der Waals surface area contributed by atoms with Gasteiger partial charge in [0, 0.05) is 31.6 Å². The molecule has 5 heteroatoms. The smallest absolute Gasteiger partial charge is 0.302 e. The van der Waals surface area contributed by atoms with E-state index in [2.05, 4.69) is 6.92 Å². The zero-order valence-electron chi connectivity index (χ0n) is 17.3. The topological polar surface area (TPSA) is 52.6 Å². The van der Waals surface area contributed by atoms with Crippen molar-refractivity contribution in [3.63, 3.8) is 0 Å². The summed E-state index contributed by atoms with van der Waals surface area (Å²) in [4.78, 5) is 23.0. The molecule has 0 saturated heterocycles. The van der Waals surface area contributed by atoms with Gasteiger partial charge in [-0.25, -0.2) is 4.39 Å². The van der Waals surface area contributed by atoms with Crippen LogP contribution in [0.2, 0.25) is 0 Å². The second-order valence-electron chi connectivity index (χ2n) is 9.72. The number of alkyl halides is 1. The summed E-state index contributed by atoms with van der Waals surface area (Å²) in [5.74, 6) is 1.28.